The predicted octanol–water partition coefficient (Wildman–Crippen LogP) is 3.72. The lowest BCUT2D eigenvalue weighted by Gasteiger charge is -2.29. The normalized spacial score (nSPS) is 14.4. The summed E-state index contributed by atoms with van der Waals surface area (Å²) in [6.45, 7) is 2.55. The lowest BCUT2D eigenvalue weighted by molar-refractivity contribution is -0.134. The van der Waals surface area contributed by atoms with Gasteiger partial charge in [0.2, 0.25) is 5.91 Å². The number of carbonyl (C=O) groups is 1. The number of carbonyl (C=O) groups excluding carboxylic acids is 1. The van der Waals surface area contributed by atoms with Crippen molar-refractivity contribution in [2.45, 2.75) is 51.6 Å². The maximum atomic E-state index is 13.2. The number of rotatable bonds is 6. The van der Waals surface area contributed by atoms with Crippen molar-refractivity contribution < 1.29 is 4.79 Å². The number of amides is 1. The van der Waals surface area contributed by atoms with E-state index >= 15 is 0 Å². The first-order chi connectivity index (χ1) is 14.1. The first-order valence-corrected chi connectivity index (χ1v) is 10.4. The highest BCUT2D eigenvalue weighted by Gasteiger charge is 2.27. The zero-order chi connectivity index (χ0) is 20.2. The summed E-state index contributed by atoms with van der Waals surface area (Å²) in [6.07, 6.45) is 5.22. The topological polar surface area (TPSA) is 55.2 Å². The van der Waals surface area contributed by atoms with Crippen molar-refractivity contribution in [3.05, 3.63) is 76.2 Å². The summed E-state index contributed by atoms with van der Waals surface area (Å²) in [5.74, 6) is -0.0166. The summed E-state index contributed by atoms with van der Waals surface area (Å²) in [7, 11) is 0. The molecule has 1 amide bonds. The maximum absolute atomic E-state index is 13.2. The van der Waals surface area contributed by atoms with Gasteiger partial charge in [-0.2, -0.15) is 5.10 Å². The lowest BCUT2D eigenvalue weighted by atomic mass is 10.1. The minimum Gasteiger partial charge on any atom is -0.338 e. The molecule has 0 spiro atoms. The second kappa shape index (κ2) is 8.60. The molecule has 150 valence electrons. The summed E-state index contributed by atoms with van der Waals surface area (Å²) in [4.78, 5) is 28.1. The molecule has 0 saturated heterocycles. The standard InChI is InChI=1S/C24H27N3O2/c1-18-21-13-7-8-14-22(21)24(29)27(25-18)17-23(28)26(20-11-5-6-12-20)16-15-19-9-3-2-4-10-19/h2-4,7-10,13-14,20H,5-6,11-12,15-17H2,1H3. The fraction of sp³-hybridized carbons (Fsp3) is 0.375. The zero-order valence-electron chi connectivity index (χ0n) is 16.9. The van der Waals surface area contributed by atoms with Crippen molar-refractivity contribution in [3.63, 3.8) is 0 Å². The van der Waals surface area contributed by atoms with Crippen LogP contribution in [0.25, 0.3) is 10.8 Å². The van der Waals surface area contributed by atoms with Gasteiger partial charge in [0.1, 0.15) is 6.54 Å². The van der Waals surface area contributed by atoms with Crippen molar-refractivity contribution in [1.82, 2.24) is 14.7 Å². The fourth-order valence-corrected chi connectivity index (χ4v) is 4.35. The Balaban J connectivity index is 1.57. The van der Waals surface area contributed by atoms with Gasteiger partial charge in [0.25, 0.3) is 5.56 Å². The van der Waals surface area contributed by atoms with Crippen LogP contribution in [0.3, 0.4) is 0 Å². The van der Waals surface area contributed by atoms with E-state index in [2.05, 4.69) is 17.2 Å². The summed E-state index contributed by atoms with van der Waals surface area (Å²) in [6, 6.07) is 18.0. The van der Waals surface area contributed by atoms with Crippen LogP contribution in [0.1, 0.15) is 36.9 Å². The molecule has 5 nitrogen and oxygen atoms in total. The molecule has 1 heterocycles. The molecule has 1 aliphatic rings. The smallest absolute Gasteiger partial charge is 0.275 e. The van der Waals surface area contributed by atoms with Gasteiger partial charge in [0.05, 0.1) is 11.1 Å². The minimum absolute atomic E-state index is 0.00417. The molecule has 1 aliphatic carbocycles. The Morgan fingerprint density at radius 1 is 1.03 bits per heavy atom. The quantitative estimate of drug-likeness (QED) is 0.646. The highest BCUT2D eigenvalue weighted by molar-refractivity contribution is 5.83. The highest BCUT2D eigenvalue weighted by Crippen LogP contribution is 2.24. The van der Waals surface area contributed by atoms with Crippen molar-refractivity contribution in [2.24, 2.45) is 0 Å². The fourth-order valence-electron chi connectivity index (χ4n) is 4.35. The van der Waals surface area contributed by atoms with Gasteiger partial charge in [-0.25, -0.2) is 4.68 Å². The Bertz CT molecular complexity index is 1050. The second-order valence-corrected chi connectivity index (χ2v) is 7.85. The van der Waals surface area contributed by atoms with Crippen molar-refractivity contribution in [2.75, 3.05) is 6.54 Å². The number of hydrogen-bond acceptors (Lipinski definition) is 3. The summed E-state index contributed by atoms with van der Waals surface area (Å²) in [5, 5.41) is 5.89. The molecule has 1 saturated carbocycles. The molecule has 1 fully saturated rings. The molecule has 0 unspecified atom stereocenters. The van der Waals surface area contributed by atoms with Crippen LogP contribution < -0.4 is 5.56 Å². The summed E-state index contributed by atoms with van der Waals surface area (Å²) >= 11 is 0. The first-order valence-electron chi connectivity index (χ1n) is 10.4. The van der Waals surface area contributed by atoms with E-state index < -0.39 is 0 Å². The Labute approximate surface area is 171 Å². The van der Waals surface area contributed by atoms with Crippen LogP contribution in [0.5, 0.6) is 0 Å². The Morgan fingerprint density at radius 3 is 2.41 bits per heavy atom. The Kier molecular flexibility index (Phi) is 5.74. The number of nitrogens with zero attached hydrogens (tertiary/aromatic N) is 3. The average molecular weight is 389 g/mol. The van der Waals surface area contributed by atoms with Crippen LogP contribution in [-0.2, 0) is 17.8 Å². The van der Waals surface area contributed by atoms with Gasteiger partial charge in [0.15, 0.2) is 0 Å². The van der Waals surface area contributed by atoms with Gasteiger partial charge >= 0.3 is 0 Å². The Hall–Kier alpha value is -2.95. The minimum atomic E-state index is -0.200. The largest absolute Gasteiger partial charge is 0.338 e. The number of benzene rings is 2. The number of aryl methyl sites for hydroxylation is 1. The molecule has 3 aromatic rings. The molecular weight excluding hydrogens is 362 g/mol. The molecule has 4 rings (SSSR count). The third kappa shape index (κ3) is 4.24. The van der Waals surface area contributed by atoms with Crippen molar-refractivity contribution >= 4 is 16.7 Å². The van der Waals surface area contributed by atoms with Crippen LogP contribution >= 0.6 is 0 Å². The predicted molar refractivity (Wildman–Crippen MR) is 115 cm³/mol. The monoisotopic (exact) mass is 389 g/mol. The first kappa shape index (κ1) is 19.4. The van der Waals surface area contributed by atoms with E-state index in [4.69, 9.17) is 0 Å². The molecule has 0 atom stereocenters. The maximum Gasteiger partial charge on any atom is 0.275 e. The average Bonchev–Trinajstić information content (AvgIpc) is 3.27. The zero-order valence-corrected chi connectivity index (χ0v) is 16.9. The van der Waals surface area contributed by atoms with Gasteiger partial charge in [-0.05, 0) is 37.8 Å². The third-order valence-corrected chi connectivity index (χ3v) is 5.91. The van der Waals surface area contributed by atoms with Crippen LogP contribution in [0.2, 0.25) is 0 Å². The van der Waals surface area contributed by atoms with Gasteiger partial charge in [-0.3, -0.25) is 9.59 Å². The van der Waals surface area contributed by atoms with Crippen LogP contribution in [0, 0.1) is 6.92 Å². The number of hydrogen-bond donors (Lipinski definition) is 0. The number of aromatic nitrogens is 2. The van der Waals surface area contributed by atoms with Crippen molar-refractivity contribution in [1.29, 1.82) is 0 Å². The summed E-state index contributed by atoms with van der Waals surface area (Å²) < 4.78 is 1.34. The van der Waals surface area contributed by atoms with E-state index in [1.54, 1.807) is 6.07 Å². The second-order valence-electron chi connectivity index (χ2n) is 7.85. The molecular formula is C24H27N3O2. The molecule has 29 heavy (non-hydrogen) atoms. The number of fused-ring (bicyclic) bond motifs is 1. The molecule has 1 aromatic heterocycles. The third-order valence-electron chi connectivity index (χ3n) is 5.91. The molecule has 0 radical (unpaired) electrons. The van der Waals surface area contributed by atoms with E-state index in [0.29, 0.717) is 11.9 Å². The summed E-state index contributed by atoms with van der Waals surface area (Å²) in [5.41, 5.74) is 1.79. The van der Waals surface area contributed by atoms with Crippen LogP contribution in [0.15, 0.2) is 59.4 Å². The molecule has 2 aromatic carbocycles. The van der Waals surface area contributed by atoms with Crippen LogP contribution in [-0.4, -0.2) is 33.2 Å². The van der Waals surface area contributed by atoms with E-state index in [1.807, 2.05) is 48.2 Å². The van der Waals surface area contributed by atoms with Gasteiger partial charge in [-0.15, -0.1) is 0 Å². The van der Waals surface area contributed by atoms with Gasteiger partial charge in [0, 0.05) is 18.0 Å². The van der Waals surface area contributed by atoms with Gasteiger partial charge in [-0.1, -0.05) is 61.4 Å². The van der Waals surface area contributed by atoms with Crippen molar-refractivity contribution in [3.8, 4) is 0 Å². The molecule has 0 bridgehead atoms. The SMILES string of the molecule is Cc1nn(CC(=O)N(CCc2ccccc2)C2CCCC2)c(=O)c2ccccc12. The molecule has 0 aliphatic heterocycles. The lowest BCUT2D eigenvalue weighted by Crippen LogP contribution is -2.43. The van der Waals surface area contributed by atoms with Gasteiger partial charge < -0.3 is 4.90 Å². The molecule has 0 N–H and O–H groups in total. The molecule has 5 heteroatoms. The van der Waals surface area contributed by atoms with E-state index in [1.165, 1.54) is 10.2 Å². The van der Waals surface area contributed by atoms with Crippen LogP contribution in [0.4, 0.5) is 0 Å². The highest BCUT2D eigenvalue weighted by atomic mass is 16.2. The Morgan fingerprint density at radius 2 is 1.69 bits per heavy atom. The van der Waals surface area contributed by atoms with E-state index in [9.17, 15) is 9.59 Å². The van der Waals surface area contributed by atoms with E-state index in [0.717, 1.165) is 43.2 Å². The van der Waals surface area contributed by atoms with E-state index in [-0.39, 0.29) is 24.1 Å².